The van der Waals surface area contributed by atoms with E-state index in [4.69, 9.17) is 4.74 Å². The molecule has 0 unspecified atom stereocenters. The average molecular weight is 408 g/mol. The standard InChI is InChI=1S/C21H23F3N2O3/c1-25(2)18-10-6-16(7-11-18)13-26(3)19(27)14-29-20(28)12-15-4-8-17(9-5-15)21(22,23)24/h4-11H,12-14H2,1-3H3. The van der Waals surface area contributed by atoms with Crippen molar-refractivity contribution >= 4 is 17.6 Å². The molecule has 29 heavy (non-hydrogen) atoms. The van der Waals surface area contributed by atoms with Crippen LogP contribution in [0.2, 0.25) is 0 Å². The van der Waals surface area contributed by atoms with Crippen LogP contribution in [0.1, 0.15) is 16.7 Å². The number of hydrogen-bond acceptors (Lipinski definition) is 4. The van der Waals surface area contributed by atoms with Gasteiger partial charge in [-0.25, -0.2) is 0 Å². The SMILES string of the molecule is CN(Cc1ccc(N(C)C)cc1)C(=O)COC(=O)Cc1ccc(C(F)(F)F)cc1. The van der Waals surface area contributed by atoms with Gasteiger partial charge in [-0.15, -0.1) is 0 Å². The predicted molar refractivity (Wildman–Crippen MR) is 103 cm³/mol. The molecule has 0 atom stereocenters. The maximum absolute atomic E-state index is 12.5. The van der Waals surface area contributed by atoms with Crippen LogP contribution in [0.5, 0.6) is 0 Å². The molecule has 2 aromatic carbocycles. The average Bonchev–Trinajstić information content (AvgIpc) is 2.66. The Morgan fingerprint density at radius 2 is 1.45 bits per heavy atom. The first-order valence-electron chi connectivity index (χ1n) is 8.88. The minimum absolute atomic E-state index is 0.207. The zero-order valence-corrected chi connectivity index (χ0v) is 16.5. The van der Waals surface area contributed by atoms with E-state index in [1.165, 1.54) is 17.0 Å². The van der Waals surface area contributed by atoms with E-state index in [0.717, 1.165) is 23.4 Å². The van der Waals surface area contributed by atoms with Gasteiger partial charge in [-0.05, 0) is 35.4 Å². The highest BCUT2D eigenvalue weighted by molar-refractivity contribution is 5.81. The Bertz CT molecular complexity index is 832. The molecular formula is C21H23F3N2O3. The first-order chi connectivity index (χ1) is 13.6. The molecule has 0 aliphatic heterocycles. The van der Waals surface area contributed by atoms with Gasteiger partial charge < -0.3 is 14.5 Å². The summed E-state index contributed by atoms with van der Waals surface area (Å²) in [4.78, 5) is 27.4. The molecule has 2 rings (SSSR count). The van der Waals surface area contributed by atoms with Gasteiger partial charge in [0.1, 0.15) is 0 Å². The number of carbonyl (C=O) groups is 2. The molecular weight excluding hydrogens is 385 g/mol. The molecule has 8 heteroatoms. The van der Waals surface area contributed by atoms with Gasteiger partial charge in [0.05, 0.1) is 12.0 Å². The summed E-state index contributed by atoms with van der Waals surface area (Å²) in [5.41, 5.74) is 1.57. The largest absolute Gasteiger partial charge is 0.455 e. The molecule has 0 heterocycles. The van der Waals surface area contributed by atoms with Crippen LogP contribution >= 0.6 is 0 Å². The van der Waals surface area contributed by atoms with Gasteiger partial charge in [-0.2, -0.15) is 13.2 Å². The Labute approximate surface area is 167 Å². The second-order valence-electron chi connectivity index (χ2n) is 6.84. The molecule has 0 fully saturated rings. The summed E-state index contributed by atoms with van der Waals surface area (Å²) in [7, 11) is 5.47. The fraction of sp³-hybridized carbons (Fsp3) is 0.333. The molecule has 0 saturated heterocycles. The van der Waals surface area contributed by atoms with Gasteiger partial charge in [0.15, 0.2) is 6.61 Å². The maximum Gasteiger partial charge on any atom is 0.416 e. The molecule has 1 amide bonds. The van der Waals surface area contributed by atoms with Crippen LogP contribution in [0.25, 0.3) is 0 Å². The molecule has 5 nitrogen and oxygen atoms in total. The van der Waals surface area contributed by atoms with Crippen LogP contribution in [-0.4, -0.2) is 44.5 Å². The molecule has 0 bridgehead atoms. The van der Waals surface area contributed by atoms with E-state index in [1.807, 2.05) is 43.3 Å². The van der Waals surface area contributed by atoms with Crippen molar-refractivity contribution in [2.45, 2.75) is 19.1 Å². The Morgan fingerprint density at radius 1 is 0.897 bits per heavy atom. The smallest absolute Gasteiger partial charge is 0.416 e. The molecule has 0 saturated carbocycles. The lowest BCUT2D eigenvalue weighted by Gasteiger charge is -2.18. The number of nitrogens with zero attached hydrogens (tertiary/aromatic N) is 2. The van der Waals surface area contributed by atoms with Crippen molar-refractivity contribution in [3.8, 4) is 0 Å². The fourth-order valence-electron chi connectivity index (χ4n) is 2.54. The van der Waals surface area contributed by atoms with Crippen molar-refractivity contribution in [3.63, 3.8) is 0 Å². The van der Waals surface area contributed by atoms with Gasteiger partial charge in [0.2, 0.25) is 0 Å². The lowest BCUT2D eigenvalue weighted by molar-refractivity contribution is -0.151. The summed E-state index contributed by atoms with van der Waals surface area (Å²) in [5, 5.41) is 0. The topological polar surface area (TPSA) is 49.9 Å². The molecule has 0 spiro atoms. The number of benzene rings is 2. The highest BCUT2D eigenvalue weighted by Gasteiger charge is 2.30. The summed E-state index contributed by atoms with van der Waals surface area (Å²) >= 11 is 0. The predicted octanol–water partition coefficient (Wildman–Crippen LogP) is 3.52. The van der Waals surface area contributed by atoms with E-state index in [-0.39, 0.29) is 12.3 Å². The molecule has 0 radical (unpaired) electrons. The maximum atomic E-state index is 12.5. The van der Waals surface area contributed by atoms with Crippen LogP contribution in [0.3, 0.4) is 0 Å². The third-order valence-corrected chi connectivity index (χ3v) is 4.28. The van der Waals surface area contributed by atoms with Crippen molar-refractivity contribution in [3.05, 3.63) is 65.2 Å². The van der Waals surface area contributed by atoms with Crippen molar-refractivity contribution in [1.29, 1.82) is 0 Å². The first kappa shape index (κ1) is 22.3. The number of amides is 1. The summed E-state index contributed by atoms with van der Waals surface area (Å²) in [6, 6.07) is 12.0. The quantitative estimate of drug-likeness (QED) is 0.658. The lowest BCUT2D eigenvalue weighted by Crippen LogP contribution is -2.31. The second kappa shape index (κ2) is 9.45. The Kier molecular flexibility index (Phi) is 7.25. The highest BCUT2D eigenvalue weighted by atomic mass is 19.4. The monoisotopic (exact) mass is 408 g/mol. The number of alkyl halides is 3. The van der Waals surface area contributed by atoms with Gasteiger partial charge in [0, 0.05) is 33.4 Å². The number of hydrogen-bond donors (Lipinski definition) is 0. The third-order valence-electron chi connectivity index (χ3n) is 4.28. The van der Waals surface area contributed by atoms with E-state index >= 15 is 0 Å². The summed E-state index contributed by atoms with van der Waals surface area (Å²) in [5.74, 6) is -1.05. The van der Waals surface area contributed by atoms with Crippen molar-refractivity contribution < 1.29 is 27.5 Å². The number of anilines is 1. The van der Waals surface area contributed by atoms with Gasteiger partial charge in [-0.3, -0.25) is 9.59 Å². The highest BCUT2D eigenvalue weighted by Crippen LogP contribution is 2.29. The number of halogens is 3. The first-order valence-corrected chi connectivity index (χ1v) is 8.88. The molecule has 2 aromatic rings. The summed E-state index contributed by atoms with van der Waals surface area (Å²) in [6.07, 6.45) is -4.63. The molecule has 0 aromatic heterocycles. The van der Waals surface area contributed by atoms with E-state index in [2.05, 4.69) is 0 Å². The van der Waals surface area contributed by atoms with Gasteiger partial charge in [-0.1, -0.05) is 24.3 Å². The normalized spacial score (nSPS) is 11.1. The van der Waals surface area contributed by atoms with Crippen molar-refractivity contribution in [2.75, 3.05) is 32.6 Å². The van der Waals surface area contributed by atoms with Crippen LogP contribution < -0.4 is 4.90 Å². The Morgan fingerprint density at radius 3 is 1.97 bits per heavy atom. The summed E-state index contributed by atoms with van der Waals surface area (Å²) < 4.78 is 42.6. The third kappa shape index (κ3) is 6.81. The minimum Gasteiger partial charge on any atom is -0.455 e. The Balaban J connectivity index is 1.80. The Hall–Kier alpha value is -3.03. The van der Waals surface area contributed by atoms with E-state index in [9.17, 15) is 22.8 Å². The number of likely N-dealkylation sites (N-methyl/N-ethyl adjacent to an activating group) is 1. The van der Waals surface area contributed by atoms with Crippen molar-refractivity contribution in [1.82, 2.24) is 4.90 Å². The van der Waals surface area contributed by atoms with E-state index in [1.54, 1.807) is 7.05 Å². The zero-order chi connectivity index (χ0) is 21.6. The number of rotatable bonds is 7. The summed E-state index contributed by atoms with van der Waals surface area (Å²) in [6.45, 7) is -0.0608. The lowest BCUT2D eigenvalue weighted by atomic mass is 10.1. The zero-order valence-electron chi connectivity index (χ0n) is 16.5. The van der Waals surface area contributed by atoms with Crippen LogP contribution in [0.15, 0.2) is 48.5 Å². The molecule has 0 aliphatic carbocycles. The van der Waals surface area contributed by atoms with Crippen LogP contribution in [-0.2, 0) is 33.5 Å². The number of esters is 1. The molecule has 0 aliphatic rings. The molecule has 0 N–H and O–H groups in total. The van der Waals surface area contributed by atoms with Gasteiger partial charge >= 0.3 is 12.1 Å². The fourth-order valence-corrected chi connectivity index (χ4v) is 2.54. The second-order valence-corrected chi connectivity index (χ2v) is 6.84. The van der Waals surface area contributed by atoms with Crippen LogP contribution in [0, 0.1) is 0 Å². The number of ether oxygens (including phenoxy) is 1. The van der Waals surface area contributed by atoms with Gasteiger partial charge in [0.25, 0.3) is 5.91 Å². The number of carbonyl (C=O) groups excluding carboxylic acids is 2. The minimum atomic E-state index is -4.43. The van der Waals surface area contributed by atoms with E-state index in [0.29, 0.717) is 12.1 Å². The van der Waals surface area contributed by atoms with E-state index < -0.39 is 24.3 Å². The van der Waals surface area contributed by atoms with Crippen LogP contribution in [0.4, 0.5) is 18.9 Å². The van der Waals surface area contributed by atoms with Crippen molar-refractivity contribution in [2.24, 2.45) is 0 Å². The molecule has 156 valence electrons.